The lowest BCUT2D eigenvalue weighted by Gasteiger charge is -2.04. The van der Waals surface area contributed by atoms with Gasteiger partial charge in [-0.15, -0.1) is 11.3 Å². The molecular formula is C13H10BrN3S. The number of thiazole rings is 1. The van der Waals surface area contributed by atoms with Crippen LogP contribution in [0.25, 0.3) is 0 Å². The molecule has 0 saturated heterocycles. The molecule has 90 valence electrons. The van der Waals surface area contributed by atoms with Gasteiger partial charge in [-0.25, -0.2) is 4.98 Å². The predicted molar refractivity (Wildman–Crippen MR) is 76.3 cm³/mol. The monoisotopic (exact) mass is 319 g/mol. The minimum Gasteiger partial charge on any atom is -0.331 e. The van der Waals surface area contributed by atoms with Gasteiger partial charge in [-0.05, 0) is 37.5 Å². The maximum absolute atomic E-state index is 8.94. The topological polar surface area (TPSA) is 48.7 Å². The van der Waals surface area contributed by atoms with Crippen LogP contribution in [-0.4, -0.2) is 4.98 Å². The van der Waals surface area contributed by atoms with Gasteiger partial charge in [0.15, 0.2) is 5.13 Å². The molecule has 1 aromatic carbocycles. The number of rotatable bonds is 2. The van der Waals surface area contributed by atoms with E-state index < -0.39 is 0 Å². The minimum atomic E-state index is 0.635. The first-order valence-electron chi connectivity index (χ1n) is 5.71. The van der Waals surface area contributed by atoms with Crippen molar-refractivity contribution in [1.82, 2.24) is 4.98 Å². The second-order valence-corrected chi connectivity index (χ2v) is 6.21. The molecule has 3 nitrogen and oxygen atoms in total. The molecule has 18 heavy (non-hydrogen) atoms. The largest absolute Gasteiger partial charge is 0.331 e. The van der Waals surface area contributed by atoms with Crippen molar-refractivity contribution < 1.29 is 0 Å². The molecule has 0 fully saturated rings. The van der Waals surface area contributed by atoms with Crippen LogP contribution in [-0.2, 0) is 12.8 Å². The molecule has 1 aliphatic rings. The maximum atomic E-state index is 8.94. The SMILES string of the molecule is N#Cc1cc(Br)cc(Nc2nc3c(s2)CCC3)c1. The van der Waals surface area contributed by atoms with E-state index in [1.807, 2.05) is 12.1 Å². The molecule has 1 aliphatic carbocycles. The van der Waals surface area contributed by atoms with Crippen molar-refractivity contribution in [2.24, 2.45) is 0 Å². The summed E-state index contributed by atoms with van der Waals surface area (Å²) in [6.45, 7) is 0. The van der Waals surface area contributed by atoms with Crippen LogP contribution in [0.3, 0.4) is 0 Å². The van der Waals surface area contributed by atoms with E-state index in [9.17, 15) is 0 Å². The second kappa shape index (κ2) is 4.71. The van der Waals surface area contributed by atoms with Crippen LogP contribution in [0.4, 0.5) is 10.8 Å². The third kappa shape index (κ3) is 2.26. The summed E-state index contributed by atoms with van der Waals surface area (Å²) < 4.78 is 0.896. The number of halogens is 1. The fourth-order valence-corrected chi connectivity index (χ4v) is 3.66. The molecular weight excluding hydrogens is 310 g/mol. The number of fused-ring (bicyclic) bond motifs is 1. The first-order valence-corrected chi connectivity index (χ1v) is 7.32. The Bertz CT molecular complexity index is 621. The minimum absolute atomic E-state index is 0.635. The number of hydrogen-bond acceptors (Lipinski definition) is 4. The van der Waals surface area contributed by atoms with E-state index in [4.69, 9.17) is 5.26 Å². The molecule has 0 saturated carbocycles. The van der Waals surface area contributed by atoms with Crippen molar-refractivity contribution in [2.75, 3.05) is 5.32 Å². The highest BCUT2D eigenvalue weighted by Crippen LogP contribution is 2.32. The highest BCUT2D eigenvalue weighted by atomic mass is 79.9. The maximum Gasteiger partial charge on any atom is 0.187 e. The Morgan fingerprint density at radius 3 is 3.00 bits per heavy atom. The number of nitrogens with one attached hydrogen (secondary N) is 1. The molecule has 0 unspecified atom stereocenters. The number of nitriles is 1. The summed E-state index contributed by atoms with van der Waals surface area (Å²) in [5.41, 5.74) is 2.77. The van der Waals surface area contributed by atoms with Gasteiger partial charge < -0.3 is 5.32 Å². The van der Waals surface area contributed by atoms with E-state index in [2.05, 4.69) is 32.3 Å². The van der Waals surface area contributed by atoms with Gasteiger partial charge in [-0.2, -0.15) is 5.26 Å². The Hall–Kier alpha value is -1.38. The number of hydrogen-bond donors (Lipinski definition) is 1. The summed E-state index contributed by atoms with van der Waals surface area (Å²) >= 11 is 5.12. The number of anilines is 2. The zero-order chi connectivity index (χ0) is 12.5. The van der Waals surface area contributed by atoms with E-state index in [1.165, 1.54) is 17.0 Å². The average molecular weight is 320 g/mol. The lowest BCUT2D eigenvalue weighted by Crippen LogP contribution is -1.91. The molecule has 0 spiro atoms. The molecule has 0 amide bonds. The quantitative estimate of drug-likeness (QED) is 0.909. The Kier molecular flexibility index (Phi) is 3.06. The fraction of sp³-hybridized carbons (Fsp3) is 0.231. The molecule has 0 aliphatic heterocycles. The zero-order valence-electron chi connectivity index (χ0n) is 9.53. The summed E-state index contributed by atoms with van der Waals surface area (Å²) in [7, 11) is 0. The van der Waals surface area contributed by atoms with Gasteiger partial charge in [-0.1, -0.05) is 15.9 Å². The van der Waals surface area contributed by atoms with Gasteiger partial charge in [0.1, 0.15) is 0 Å². The molecule has 0 atom stereocenters. The van der Waals surface area contributed by atoms with Crippen molar-refractivity contribution in [3.63, 3.8) is 0 Å². The van der Waals surface area contributed by atoms with Crippen LogP contribution in [0.1, 0.15) is 22.6 Å². The number of benzene rings is 1. The highest BCUT2D eigenvalue weighted by Gasteiger charge is 2.16. The average Bonchev–Trinajstić information content (AvgIpc) is 2.88. The number of nitrogens with zero attached hydrogens (tertiary/aromatic N) is 2. The Morgan fingerprint density at radius 1 is 1.33 bits per heavy atom. The van der Waals surface area contributed by atoms with Crippen molar-refractivity contribution in [3.8, 4) is 6.07 Å². The Balaban J connectivity index is 1.87. The second-order valence-electron chi connectivity index (χ2n) is 4.21. The van der Waals surface area contributed by atoms with Crippen LogP contribution < -0.4 is 5.32 Å². The zero-order valence-corrected chi connectivity index (χ0v) is 11.9. The summed E-state index contributed by atoms with van der Waals surface area (Å²) in [6.07, 6.45) is 3.47. The van der Waals surface area contributed by atoms with Crippen molar-refractivity contribution in [1.29, 1.82) is 5.26 Å². The third-order valence-corrected chi connectivity index (χ3v) is 4.40. The van der Waals surface area contributed by atoms with Crippen molar-refractivity contribution in [3.05, 3.63) is 38.8 Å². The number of aromatic nitrogens is 1. The van der Waals surface area contributed by atoms with Crippen molar-refractivity contribution >= 4 is 38.1 Å². The smallest absolute Gasteiger partial charge is 0.187 e. The van der Waals surface area contributed by atoms with Crippen LogP contribution in [0.2, 0.25) is 0 Å². The molecule has 3 rings (SSSR count). The van der Waals surface area contributed by atoms with E-state index in [0.29, 0.717) is 5.56 Å². The fourth-order valence-electron chi connectivity index (χ4n) is 2.09. The van der Waals surface area contributed by atoms with Crippen LogP contribution in [0.5, 0.6) is 0 Å². The van der Waals surface area contributed by atoms with Crippen LogP contribution >= 0.6 is 27.3 Å². The molecule has 1 N–H and O–H groups in total. The van der Waals surface area contributed by atoms with Crippen LogP contribution in [0.15, 0.2) is 22.7 Å². The van der Waals surface area contributed by atoms with Gasteiger partial charge >= 0.3 is 0 Å². The third-order valence-electron chi connectivity index (χ3n) is 2.87. The van der Waals surface area contributed by atoms with Gasteiger partial charge in [0.25, 0.3) is 0 Å². The van der Waals surface area contributed by atoms with Gasteiger partial charge in [0.2, 0.25) is 0 Å². The Labute approximate surface area is 118 Å². The van der Waals surface area contributed by atoms with Crippen molar-refractivity contribution in [2.45, 2.75) is 19.3 Å². The van der Waals surface area contributed by atoms with E-state index in [-0.39, 0.29) is 0 Å². The summed E-state index contributed by atoms with van der Waals surface area (Å²) in [5, 5.41) is 13.1. The normalized spacial score (nSPS) is 13.1. The van der Waals surface area contributed by atoms with E-state index >= 15 is 0 Å². The van der Waals surface area contributed by atoms with Crippen LogP contribution in [0, 0.1) is 11.3 Å². The van der Waals surface area contributed by atoms with Gasteiger partial charge in [0.05, 0.1) is 17.3 Å². The lowest BCUT2D eigenvalue weighted by molar-refractivity contribution is 0.900. The van der Waals surface area contributed by atoms with E-state index in [0.717, 1.165) is 28.1 Å². The summed E-state index contributed by atoms with van der Waals surface area (Å²) in [4.78, 5) is 5.98. The molecule has 2 aromatic rings. The molecule has 1 heterocycles. The summed E-state index contributed by atoms with van der Waals surface area (Å²) in [5.74, 6) is 0. The lowest BCUT2D eigenvalue weighted by atomic mass is 10.2. The number of aryl methyl sites for hydroxylation is 2. The first kappa shape index (κ1) is 11.7. The molecule has 1 aromatic heterocycles. The highest BCUT2D eigenvalue weighted by molar-refractivity contribution is 9.10. The molecule has 0 bridgehead atoms. The predicted octanol–water partition coefficient (Wildman–Crippen LogP) is 4.01. The molecule has 5 heteroatoms. The van der Waals surface area contributed by atoms with Gasteiger partial charge in [0, 0.05) is 15.0 Å². The van der Waals surface area contributed by atoms with Gasteiger partial charge in [-0.3, -0.25) is 0 Å². The summed E-state index contributed by atoms with van der Waals surface area (Å²) in [6, 6.07) is 7.73. The standard InChI is InChI=1S/C13H10BrN3S/c14-9-4-8(7-15)5-10(6-9)16-13-17-11-2-1-3-12(11)18-13/h4-6H,1-3H2,(H,16,17). The first-order chi connectivity index (χ1) is 8.74. The Morgan fingerprint density at radius 2 is 2.22 bits per heavy atom. The van der Waals surface area contributed by atoms with E-state index in [1.54, 1.807) is 17.4 Å². The molecule has 0 radical (unpaired) electrons.